The van der Waals surface area contributed by atoms with Gasteiger partial charge in [0.2, 0.25) is 0 Å². The van der Waals surface area contributed by atoms with E-state index in [1.54, 1.807) is 17.4 Å². The maximum absolute atomic E-state index is 13.5. The second kappa shape index (κ2) is 5.46. The van der Waals surface area contributed by atoms with Crippen LogP contribution in [0.2, 0.25) is 0 Å². The number of aromatic nitrogens is 1. The van der Waals surface area contributed by atoms with Crippen molar-refractivity contribution in [2.24, 2.45) is 5.73 Å². The van der Waals surface area contributed by atoms with Crippen molar-refractivity contribution in [3.8, 4) is 5.75 Å². The number of nitrogens with two attached hydrogens (primary N) is 1. The van der Waals surface area contributed by atoms with Crippen LogP contribution in [-0.4, -0.2) is 12.1 Å². The third-order valence-electron chi connectivity index (χ3n) is 2.69. The first kappa shape index (κ1) is 13.0. The van der Waals surface area contributed by atoms with Crippen LogP contribution < -0.4 is 10.5 Å². The summed E-state index contributed by atoms with van der Waals surface area (Å²) in [6, 6.07) is 4.69. The number of rotatable bonds is 4. The van der Waals surface area contributed by atoms with Gasteiger partial charge in [-0.15, -0.1) is 11.3 Å². The van der Waals surface area contributed by atoms with Crippen molar-refractivity contribution < 1.29 is 9.13 Å². The van der Waals surface area contributed by atoms with E-state index in [1.807, 2.05) is 18.4 Å². The summed E-state index contributed by atoms with van der Waals surface area (Å²) in [5, 5.41) is 2.93. The molecule has 2 aromatic rings. The number of halogens is 1. The molecule has 0 fully saturated rings. The molecule has 1 aromatic carbocycles. The van der Waals surface area contributed by atoms with Crippen molar-refractivity contribution in [2.75, 3.05) is 7.11 Å². The van der Waals surface area contributed by atoms with Crippen LogP contribution in [0.5, 0.6) is 5.75 Å². The molecule has 18 heavy (non-hydrogen) atoms. The normalized spacial score (nSPS) is 12.4. The lowest BCUT2D eigenvalue weighted by atomic mass is 10.0. The Morgan fingerprint density at radius 2 is 2.28 bits per heavy atom. The second-order valence-electron chi connectivity index (χ2n) is 4.07. The summed E-state index contributed by atoms with van der Waals surface area (Å²) in [5.74, 6) is -0.117. The Kier molecular flexibility index (Phi) is 3.93. The van der Waals surface area contributed by atoms with Crippen LogP contribution in [0.4, 0.5) is 4.39 Å². The Balaban J connectivity index is 2.12. The molecule has 0 bridgehead atoms. The minimum atomic E-state index is -0.364. The summed E-state index contributed by atoms with van der Waals surface area (Å²) in [6.45, 7) is 1.94. The number of hydrogen-bond acceptors (Lipinski definition) is 4. The highest BCUT2D eigenvalue weighted by Crippen LogP contribution is 2.22. The molecule has 0 saturated carbocycles. The van der Waals surface area contributed by atoms with Crippen LogP contribution >= 0.6 is 11.3 Å². The zero-order valence-corrected chi connectivity index (χ0v) is 11.1. The average molecular weight is 266 g/mol. The van der Waals surface area contributed by atoms with Gasteiger partial charge in [0.05, 0.1) is 23.9 Å². The molecule has 1 unspecified atom stereocenters. The monoisotopic (exact) mass is 266 g/mol. The summed E-state index contributed by atoms with van der Waals surface area (Å²) < 4.78 is 18.4. The molecule has 0 amide bonds. The summed E-state index contributed by atoms with van der Waals surface area (Å²) >= 11 is 1.57. The number of ether oxygens (including phenoxy) is 1. The first-order valence-corrected chi connectivity index (χ1v) is 6.48. The van der Waals surface area contributed by atoms with E-state index in [0.29, 0.717) is 6.42 Å². The van der Waals surface area contributed by atoms with Gasteiger partial charge in [-0.05, 0) is 31.0 Å². The fourth-order valence-corrected chi connectivity index (χ4v) is 2.42. The van der Waals surface area contributed by atoms with Gasteiger partial charge < -0.3 is 10.5 Å². The molecule has 3 nitrogen and oxygen atoms in total. The van der Waals surface area contributed by atoms with E-state index in [4.69, 9.17) is 10.5 Å². The van der Waals surface area contributed by atoms with Gasteiger partial charge in [0.15, 0.2) is 11.6 Å². The van der Waals surface area contributed by atoms with Crippen molar-refractivity contribution >= 4 is 11.3 Å². The zero-order valence-electron chi connectivity index (χ0n) is 10.3. The van der Waals surface area contributed by atoms with E-state index < -0.39 is 0 Å². The first-order valence-electron chi connectivity index (χ1n) is 5.60. The predicted molar refractivity (Wildman–Crippen MR) is 70.4 cm³/mol. The fraction of sp³-hybridized carbons (Fsp3) is 0.308. The highest BCUT2D eigenvalue weighted by Gasteiger charge is 2.12. The van der Waals surface area contributed by atoms with E-state index in [0.717, 1.165) is 16.3 Å². The quantitative estimate of drug-likeness (QED) is 0.925. The van der Waals surface area contributed by atoms with Crippen LogP contribution in [0.15, 0.2) is 23.6 Å². The van der Waals surface area contributed by atoms with Gasteiger partial charge in [-0.2, -0.15) is 0 Å². The maximum Gasteiger partial charge on any atom is 0.165 e. The number of aryl methyl sites for hydroxylation is 1. The van der Waals surface area contributed by atoms with Gasteiger partial charge in [-0.3, -0.25) is 0 Å². The third-order valence-corrected chi connectivity index (χ3v) is 3.48. The zero-order chi connectivity index (χ0) is 13.1. The molecular formula is C13H15FN2OS. The van der Waals surface area contributed by atoms with Crippen molar-refractivity contribution in [1.29, 1.82) is 0 Å². The van der Waals surface area contributed by atoms with E-state index in [2.05, 4.69) is 4.98 Å². The lowest BCUT2D eigenvalue weighted by molar-refractivity contribution is 0.386. The maximum atomic E-state index is 13.5. The van der Waals surface area contributed by atoms with Crippen LogP contribution in [0.1, 0.15) is 22.3 Å². The summed E-state index contributed by atoms with van der Waals surface area (Å²) in [5.41, 5.74) is 7.75. The Morgan fingerprint density at radius 1 is 1.50 bits per heavy atom. The molecule has 5 heteroatoms. The third kappa shape index (κ3) is 2.86. The summed E-state index contributed by atoms with van der Waals surface area (Å²) in [4.78, 5) is 4.34. The smallest absolute Gasteiger partial charge is 0.165 e. The van der Waals surface area contributed by atoms with Gasteiger partial charge in [-0.1, -0.05) is 6.07 Å². The Bertz CT molecular complexity index is 542. The van der Waals surface area contributed by atoms with Crippen molar-refractivity contribution in [2.45, 2.75) is 19.4 Å². The highest BCUT2D eigenvalue weighted by molar-refractivity contribution is 7.09. The number of thiazole rings is 1. The summed E-state index contributed by atoms with van der Waals surface area (Å²) in [6.07, 6.45) is 0.560. The molecule has 0 aliphatic carbocycles. The van der Waals surface area contributed by atoms with Crippen molar-refractivity contribution in [3.05, 3.63) is 45.7 Å². The molecule has 1 heterocycles. The molecule has 0 aliphatic heterocycles. The molecular weight excluding hydrogens is 251 g/mol. The molecule has 2 rings (SSSR count). The van der Waals surface area contributed by atoms with Crippen LogP contribution in [-0.2, 0) is 6.42 Å². The lowest BCUT2D eigenvalue weighted by Gasteiger charge is -2.10. The molecule has 1 aromatic heterocycles. The van der Waals surface area contributed by atoms with E-state index >= 15 is 0 Å². The lowest BCUT2D eigenvalue weighted by Crippen LogP contribution is -2.14. The van der Waals surface area contributed by atoms with Gasteiger partial charge in [-0.25, -0.2) is 9.37 Å². The van der Waals surface area contributed by atoms with Gasteiger partial charge in [0.25, 0.3) is 0 Å². The Labute approximate surface area is 109 Å². The predicted octanol–water partition coefficient (Wildman–Crippen LogP) is 2.84. The SMILES string of the molecule is COc1ccc(CC(N)c2csc(C)n2)cc1F. The molecule has 0 radical (unpaired) electrons. The van der Waals surface area contributed by atoms with Gasteiger partial charge in [0.1, 0.15) is 0 Å². The van der Waals surface area contributed by atoms with Gasteiger partial charge in [0, 0.05) is 5.38 Å². The van der Waals surface area contributed by atoms with Crippen molar-refractivity contribution in [3.63, 3.8) is 0 Å². The topological polar surface area (TPSA) is 48.1 Å². The van der Waals surface area contributed by atoms with Crippen LogP contribution in [0.3, 0.4) is 0 Å². The molecule has 0 aliphatic rings. The number of methoxy groups -OCH3 is 1. The van der Waals surface area contributed by atoms with Crippen LogP contribution in [0.25, 0.3) is 0 Å². The Hall–Kier alpha value is -1.46. The molecule has 0 saturated heterocycles. The van der Waals surface area contributed by atoms with E-state index in [-0.39, 0.29) is 17.6 Å². The first-order chi connectivity index (χ1) is 8.60. The summed E-state index contributed by atoms with van der Waals surface area (Å²) in [7, 11) is 1.45. The molecule has 0 spiro atoms. The standard InChI is InChI=1S/C13H15FN2OS/c1-8-16-12(7-18-8)11(15)6-9-3-4-13(17-2)10(14)5-9/h3-5,7,11H,6,15H2,1-2H3. The number of nitrogens with zero attached hydrogens (tertiary/aromatic N) is 1. The largest absolute Gasteiger partial charge is 0.494 e. The highest BCUT2D eigenvalue weighted by atomic mass is 32.1. The molecule has 96 valence electrons. The number of hydrogen-bond donors (Lipinski definition) is 1. The minimum Gasteiger partial charge on any atom is -0.494 e. The van der Waals surface area contributed by atoms with Crippen molar-refractivity contribution in [1.82, 2.24) is 4.98 Å². The van der Waals surface area contributed by atoms with E-state index in [9.17, 15) is 4.39 Å². The molecule has 1 atom stereocenters. The molecule has 2 N–H and O–H groups in total. The van der Waals surface area contributed by atoms with E-state index in [1.165, 1.54) is 13.2 Å². The Morgan fingerprint density at radius 3 is 2.83 bits per heavy atom. The minimum absolute atomic E-state index is 0.206. The van der Waals surface area contributed by atoms with Crippen LogP contribution in [0, 0.1) is 12.7 Å². The second-order valence-corrected chi connectivity index (χ2v) is 5.13. The van der Waals surface area contributed by atoms with Gasteiger partial charge >= 0.3 is 0 Å². The average Bonchev–Trinajstić information content (AvgIpc) is 2.76. The number of benzene rings is 1. The fourth-order valence-electron chi connectivity index (χ4n) is 1.75.